The first-order valence-electron chi connectivity index (χ1n) is 4.27. The van der Waals surface area contributed by atoms with Crippen LogP contribution in [0.3, 0.4) is 0 Å². The lowest BCUT2D eigenvalue weighted by atomic mass is 10.2. The van der Waals surface area contributed by atoms with Gasteiger partial charge in [0.05, 0.1) is 4.20 Å². The van der Waals surface area contributed by atoms with E-state index >= 15 is 0 Å². The van der Waals surface area contributed by atoms with Crippen molar-refractivity contribution in [2.45, 2.75) is 6.92 Å². The molecule has 0 aliphatic carbocycles. The van der Waals surface area contributed by atoms with Gasteiger partial charge in [0.2, 0.25) is 0 Å². The van der Waals surface area contributed by atoms with Crippen molar-refractivity contribution in [1.82, 2.24) is 0 Å². The molecule has 0 amide bonds. The van der Waals surface area contributed by atoms with Crippen LogP contribution in [-0.2, 0) is 0 Å². The number of hydrogen-bond donors (Lipinski definition) is 0. The van der Waals surface area contributed by atoms with E-state index in [1.165, 1.54) is 0 Å². The number of benzene rings is 1. The number of allylic oxidation sites excluding steroid dienone is 1. The van der Waals surface area contributed by atoms with Crippen LogP contribution in [0.5, 0.6) is 0 Å². The molecular weight excluding hydrogens is 232 g/mol. The number of halogens is 1. The van der Waals surface area contributed by atoms with Crippen LogP contribution in [0, 0.1) is 0 Å². The number of hydrogen-bond acceptors (Lipinski definition) is 2. The van der Waals surface area contributed by atoms with Gasteiger partial charge in [-0.15, -0.1) is 11.8 Å². The van der Waals surface area contributed by atoms with Crippen molar-refractivity contribution < 1.29 is 0 Å². The summed E-state index contributed by atoms with van der Waals surface area (Å²) in [4.78, 5) is 0. The molecule has 0 nitrogen and oxygen atoms in total. The lowest BCUT2D eigenvalue weighted by Crippen LogP contribution is -1.92. The highest BCUT2D eigenvalue weighted by Crippen LogP contribution is 2.18. The van der Waals surface area contributed by atoms with Gasteiger partial charge in [0.1, 0.15) is 0 Å². The summed E-state index contributed by atoms with van der Waals surface area (Å²) >= 11 is 12.7. The molecule has 0 aromatic heterocycles. The van der Waals surface area contributed by atoms with E-state index in [2.05, 4.69) is 0 Å². The quantitative estimate of drug-likeness (QED) is 0.728. The standard InChI is InChI=1S/C11H11ClS2/c1-2-10(12)8-14-11(13)9-6-4-3-5-7-9/h2-7H,8H2,1H3/b10-2-. The highest BCUT2D eigenvalue weighted by Gasteiger charge is 2.01. The SMILES string of the molecule is C/C=C(\Cl)CSC(=S)c1ccccc1. The second kappa shape index (κ2) is 6.23. The van der Waals surface area contributed by atoms with E-state index in [1.807, 2.05) is 43.3 Å². The van der Waals surface area contributed by atoms with Crippen molar-refractivity contribution in [2.24, 2.45) is 0 Å². The highest BCUT2D eigenvalue weighted by atomic mass is 35.5. The fraction of sp³-hybridized carbons (Fsp3) is 0.182. The summed E-state index contributed by atoms with van der Waals surface area (Å²) in [6.45, 7) is 1.93. The van der Waals surface area contributed by atoms with Gasteiger partial charge in [0.25, 0.3) is 0 Å². The van der Waals surface area contributed by atoms with Crippen LogP contribution in [0.2, 0.25) is 0 Å². The Labute approximate surface area is 99.4 Å². The van der Waals surface area contributed by atoms with Crippen LogP contribution in [0.4, 0.5) is 0 Å². The Kier molecular flexibility index (Phi) is 5.23. The smallest absolute Gasteiger partial charge is 0.0781 e. The minimum absolute atomic E-state index is 0.756. The van der Waals surface area contributed by atoms with E-state index in [-0.39, 0.29) is 0 Å². The normalized spacial score (nSPS) is 11.4. The molecule has 1 aromatic rings. The van der Waals surface area contributed by atoms with Crippen molar-refractivity contribution in [3.63, 3.8) is 0 Å². The summed E-state index contributed by atoms with van der Waals surface area (Å²) in [6, 6.07) is 9.98. The van der Waals surface area contributed by atoms with Gasteiger partial charge in [-0.3, -0.25) is 0 Å². The van der Waals surface area contributed by atoms with Gasteiger partial charge in [-0.25, -0.2) is 0 Å². The monoisotopic (exact) mass is 242 g/mol. The van der Waals surface area contributed by atoms with Crippen molar-refractivity contribution in [2.75, 3.05) is 5.75 Å². The molecule has 0 saturated heterocycles. The van der Waals surface area contributed by atoms with Gasteiger partial charge < -0.3 is 0 Å². The molecule has 0 radical (unpaired) electrons. The van der Waals surface area contributed by atoms with Gasteiger partial charge in [-0.05, 0) is 12.5 Å². The van der Waals surface area contributed by atoms with Gasteiger partial charge in [-0.1, -0.05) is 60.2 Å². The fourth-order valence-electron chi connectivity index (χ4n) is 0.875. The first-order valence-corrected chi connectivity index (χ1v) is 6.04. The van der Waals surface area contributed by atoms with Gasteiger partial charge in [0, 0.05) is 10.8 Å². The Morgan fingerprint density at radius 1 is 1.43 bits per heavy atom. The second-order valence-corrected chi connectivity index (χ2v) is 4.82. The third-order valence-corrected chi connectivity index (χ3v) is 3.72. The zero-order valence-electron chi connectivity index (χ0n) is 7.87. The summed E-state index contributed by atoms with van der Waals surface area (Å²) < 4.78 is 0.894. The first-order chi connectivity index (χ1) is 6.74. The van der Waals surface area contributed by atoms with Crippen LogP contribution in [0.25, 0.3) is 0 Å². The zero-order chi connectivity index (χ0) is 10.4. The third kappa shape index (κ3) is 3.82. The summed E-state index contributed by atoms with van der Waals surface area (Å²) in [7, 11) is 0. The molecule has 1 rings (SSSR count). The average molecular weight is 243 g/mol. The Bertz CT molecular complexity index is 330. The zero-order valence-corrected chi connectivity index (χ0v) is 10.3. The molecule has 3 heteroatoms. The molecule has 0 unspecified atom stereocenters. The van der Waals surface area contributed by atoms with Crippen molar-refractivity contribution in [1.29, 1.82) is 0 Å². The van der Waals surface area contributed by atoms with E-state index in [1.54, 1.807) is 11.8 Å². The number of thiocarbonyl (C=S) groups is 1. The molecule has 0 aliphatic rings. The van der Waals surface area contributed by atoms with Crippen LogP contribution in [-0.4, -0.2) is 9.95 Å². The van der Waals surface area contributed by atoms with Crippen LogP contribution < -0.4 is 0 Å². The lowest BCUT2D eigenvalue weighted by molar-refractivity contribution is 1.61. The molecule has 0 bridgehead atoms. The first kappa shape index (κ1) is 11.8. The molecule has 0 spiro atoms. The van der Waals surface area contributed by atoms with Crippen LogP contribution >= 0.6 is 35.6 Å². The van der Waals surface area contributed by atoms with E-state index in [4.69, 9.17) is 23.8 Å². The highest BCUT2D eigenvalue weighted by molar-refractivity contribution is 8.23. The van der Waals surface area contributed by atoms with E-state index in [0.717, 1.165) is 20.5 Å². The minimum Gasteiger partial charge on any atom is -0.108 e. The maximum atomic E-state index is 5.88. The predicted molar refractivity (Wildman–Crippen MR) is 70.2 cm³/mol. The topological polar surface area (TPSA) is 0 Å². The van der Waals surface area contributed by atoms with Crippen molar-refractivity contribution >= 4 is 39.8 Å². The predicted octanol–water partition coefficient (Wildman–Crippen LogP) is 4.24. The summed E-state index contributed by atoms with van der Waals surface area (Å²) in [5.74, 6) is 0.756. The van der Waals surface area contributed by atoms with Gasteiger partial charge >= 0.3 is 0 Å². The molecule has 74 valence electrons. The second-order valence-electron chi connectivity index (χ2n) is 2.68. The van der Waals surface area contributed by atoms with E-state index < -0.39 is 0 Å². The molecule has 0 N–H and O–H groups in total. The fourth-order valence-corrected chi connectivity index (χ4v) is 2.09. The van der Waals surface area contributed by atoms with Crippen LogP contribution in [0.15, 0.2) is 41.4 Å². The Morgan fingerprint density at radius 2 is 2.07 bits per heavy atom. The maximum Gasteiger partial charge on any atom is 0.0781 e. The van der Waals surface area contributed by atoms with Gasteiger partial charge in [0.15, 0.2) is 0 Å². The number of rotatable bonds is 3. The largest absolute Gasteiger partial charge is 0.108 e. The van der Waals surface area contributed by atoms with E-state index in [9.17, 15) is 0 Å². The lowest BCUT2D eigenvalue weighted by Gasteiger charge is -2.02. The number of thioether (sulfide) groups is 1. The molecule has 0 aliphatic heterocycles. The Balaban J connectivity index is 2.52. The summed E-state index contributed by atoms with van der Waals surface area (Å²) in [5, 5.41) is 0.841. The molecule has 0 saturated carbocycles. The maximum absolute atomic E-state index is 5.88. The summed E-state index contributed by atoms with van der Waals surface area (Å²) in [5.41, 5.74) is 1.09. The van der Waals surface area contributed by atoms with Crippen molar-refractivity contribution in [3.8, 4) is 0 Å². The minimum atomic E-state index is 0.756. The molecular formula is C11H11ClS2. The molecule has 0 fully saturated rings. The third-order valence-electron chi connectivity index (χ3n) is 1.66. The summed E-state index contributed by atoms with van der Waals surface area (Å²) in [6.07, 6.45) is 1.89. The van der Waals surface area contributed by atoms with Crippen LogP contribution in [0.1, 0.15) is 12.5 Å². The molecule has 1 aromatic carbocycles. The van der Waals surface area contributed by atoms with E-state index in [0.29, 0.717) is 0 Å². The van der Waals surface area contributed by atoms with Gasteiger partial charge in [-0.2, -0.15) is 0 Å². The molecule has 0 heterocycles. The average Bonchev–Trinajstić information content (AvgIpc) is 2.26. The molecule has 0 atom stereocenters. The van der Waals surface area contributed by atoms with Crippen molar-refractivity contribution in [3.05, 3.63) is 47.0 Å². The Morgan fingerprint density at radius 3 is 2.64 bits per heavy atom. The molecule has 14 heavy (non-hydrogen) atoms. The Hall–Kier alpha value is -0.310.